The summed E-state index contributed by atoms with van der Waals surface area (Å²) in [5, 5.41) is 0. The first-order chi connectivity index (χ1) is 13.0. The molecule has 8 heteroatoms. The average Bonchev–Trinajstić information content (AvgIpc) is 3.07. The highest BCUT2D eigenvalue weighted by molar-refractivity contribution is 5.94. The molecule has 27 heavy (non-hydrogen) atoms. The number of hydrogen-bond acceptors (Lipinski definition) is 3. The number of ether oxygens (including phenoxy) is 1. The number of amides is 1. The van der Waals surface area contributed by atoms with Crippen molar-refractivity contribution >= 4 is 11.7 Å². The normalized spacial score (nSPS) is 13.6. The molecule has 0 bridgehead atoms. The molecule has 3 aromatic rings. The van der Waals surface area contributed by atoms with Gasteiger partial charge in [-0.1, -0.05) is 6.07 Å². The Labute approximate surface area is 152 Å². The molecule has 0 fully saturated rings. The largest absolute Gasteiger partial charge is 0.487 e. The molecule has 2 heterocycles. The Morgan fingerprint density at radius 1 is 1.07 bits per heavy atom. The van der Waals surface area contributed by atoms with Gasteiger partial charge in [0, 0.05) is 37.0 Å². The molecular formula is C19H14F3N3O2. The van der Waals surface area contributed by atoms with E-state index in [1.807, 2.05) is 0 Å². The number of imidazole rings is 1. The Hall–Kier alpha value is -3.29. The smallest absolute Gasteiger partial charge is 0.334 e. The van der Waals surface area contributed by atoms with Gasteiger partial charge in [0.1, 0.15) is 24.0 Å². The van der Waals surface area contributed by atoms with Gasteiger partial charge in [0.05, 0.1) is 5.69 Å². The summed E-state index contributed by atoms with van der Waals surface area (Å²) in [7, 11) is 0. The van der Waals surface area contributed by atoms with Gasteiger partial charge in [-0.3, -0.25) is 9.47 Å². The third-order valence-corrected chi connectivity index (χ3v) is 4.22. The maximum atomic E-state index is 13.5. The van der Waals surface area contributed by atoms with Gasteiger partial charge in [0.2, 0.25) is 0 Å². The minimum atomic E-state index is -1.01. The summed E-state index contributed by atoms with van der Waals surface area (Å²) in [6, 6.07) is 8.64. The summed E-state index contributed by atoms with van der Waals surface area (Å²) in [4.78, 5) is 18.4. The molecule has 0 atom stereocenters. The Balaban J connectivity index is 1.52. The standard InChI is InChI=1S/C19H14F3N3O2/c20-12-2-1-3-15(8-12)27-11-13-10-25-18(23-13)6-7-24(19(25)26)14-4-5-16(21)17(22)9-14/h1-5,8-10H,6-7,11H2. The van der Waals surface area contributed by atoms with Crippen LogP contribution in [0.25, 0.3) is 0 Å². The van der Waals surface area contributed by atoms with Crippen LogP contribution in [-0.4, -0.2) is 22.1 Å². The van der Waals surface area contributed by atoms with Crippen molar-refractivity contribution in [1.29, 1.82) is 0 Å². The molecule has 1 aliphatic heterocycles. The number of fused-ring (bicyclic) bond motifs is 1. The second kappa shape index (κ2) is 6.79. The van der Waals surface area contributed by atoms with E-state index in [-0.39, 0.29) is 12.3 Å². The van der Waals surface area contributed by atoms with Gasteiger partial charge in [-0.05, 0) is 24.3 Å². The third kappa shape index (κ3) is 3.38. The fourth-order valence-electron chi connectivity index (χ4n) is 2.93. The molecule has 0 saturated carbocycles. The van der Waals surface area contributed by atoms with Crippen molar-refractivity contribution in [2.24, 2.45) is 0 Å². The molecular weight excluding hydrogens is 359 g/mol. The molecule has 0 unspecified atom stereocenters. The molecule has 0 radical (unpaired) electrons. The molecule has 0 spiro atoms. The number of rotatable bonds is 4. The van der Waals surface area contributed by atoms with E-state index in [9.17, 15) is 18.0 Å². The van der Waals surface area contributed by atoms with Gasteiger partial charge >= 0.3 is 6.03 Å². The lowest BCUT2D eigenvalue weighted by molar-refractivity contribution is 0.245. The van der Waals surface area contributed by atoms with E-state index < -0.39 is 23.5 Å². The number of hydrogen-bond donors (Lipinski definition) is 0. The Bertz CT molecular complexity index is 1020. The third-order valence-electron chi connectivity index (χ3n) is 4.22. The van der Waals surface area contributed by atoms with E-state index in [0.717, 1.165) is 12.1 Å². The van der Waals surface area contributed by atoms with Gasteiger partial charge in [-0.25, -0.2) is 22.9 Å². The summed E-state index contributed by atoms with van der Waals surface area (Å²) >= 11 is 0. The van der Waals surface area contributed by atoms with Gasteiger partial charge in [-0.15, -0.1) is 0 Å². The average molecular weight is 373 g/mol. The number of benzene rings is 2. The molecule has 1 aromatic heterocycles. The lowest BCUT2D eigenvalue weighted by atomic mass is 10.2. The fourth-order valence-corrected chi connectivity index (χ4v) is 2.93. The van der Waals surface area contributed by atoms with E-state index in [0.29, 0.717) is 30.2 Å². The molecule has 1 aliphatic rings. The molecule has 138 valence electrons. The van der Waals surface area contributed by atoms with E-state index in [1.54, 1.807) is 6.07 Å². The Morgan fingerprint density at radius 2 is 1.93 bits per heavy atom. The molecule has 2 aromatic carbocycles. The van der Waals surface area contributed by atoms with Crippen LogP contribution in [0.2, 0.25) is 0 Å². The number of anilines is 1. The Kier molecular flexibility index (Phi) is 4.31. The topological polar surface area (TPSA) is 47.4 Å². The van der Waals surface area contributed by atoms with Crippen LogP contribution in [0.5, 0.6) is 5.75 Å². The Morgan fingerprint density at radius 3 is 2.70 bits per heavy atom. The fraction of sp³-hybridized carbons (Fsp3) is 0.158. The van der Waals surface area contributed by atoms with Gasteiger partial charge in [0.15, 0.2) is 11.6 Å². The highest BCUT2D eigenvalue weighted by Gasteiger charge is 2.27. The van der Waals surface area contributed by atoms with Crippen LogP contribution in [0, 0.1) is 17.5 Å². The van der Waals surface area contributed by atoms with Crippen LogP contribution in [0.15, 0.2) is 48.7 Å². The molecule has 0 N–H and O–H groups in total. The quantitative estimate of drug-likeness (QED) is 0.697. The minimum Gasteiger partial charge on any atom is -0.487 e. The lowest BCUT2D eigenvalue weighted by Crippen LogP contribution is -2.41. The number of aromatic nitrogens is 2. The predicted molar refractivity (Wildman–Crippen MR) is 91.2 cm³/mol. The summed E-state index contributed by atoms with van der Waals surface area (Å²) in [5.74, 6) is -1.48. The first kappa shape index (κ1) is 17.1. The molecule has 1 amide bonds. The maximum Gasteiger partial charge on any atom is 0.334 e. The first-order valence-corrected chi connectivity index (χ1v) is 8.24. The number of halogens is 3. The van der Waals surface area contributed by atoms with Crippen molar-refractivity contribution in [2.45, 2.75) is 13.0 Å². The number of carbonyl (C=O) groups is 1. The van der Waals surface area contributed by atoms with Crippen LogP contribution >= 0.6 is 0 Å². The van der Waals surface area contributed by atoms with Crippen molar-refractivity contribution in [2.75, 3.05) is 11.4 Å². The zero-order chi connectivity index (χ0) is 19.0. The van der Waals surface area contributed by atoms with E-state index in [4.69, 9.17) is 4.74 Å². The first-order valence-electron chi connectivity index (χ1n) is 8.24. The highest BCUT2D eigenvalue weighted by atomic mass is 19.2. The van der Waals surface area contributed by atoms with Crippen molar-refractivity contribution in [3.05, 3.63) is 77.6 Å². The van der Waals surface area contributed by atoms with Crippen molar-refractivity contribution in [1.82, 2.24) is 9.55 Å². The van der Waals surface area contributed by atoms with Crippen molar-refractivity contribution < 1.29 is 22.7 Å². The molecule has 0 saturated heterocycles. The van der Waals surface area contributed by atoms with Gasteiger partial charge in [-0.2, -0.15) is 0 Å². The second-order valence-corrected chi connectivity index (χ2v) is 6.05. The number of carbonyl (C=O) groups excluding carboxylic acids is 1. The van der Waals surface area contributed by atoms with E-state index >= 15 is 0 Å². The molecule has 4 rings (SSSR count). The number of nitrogens with zero attached hydrogens (tertiary/aromatic N) is 3. The lowest BCUT2D eigenvalue weighted by Gasteiger charge is -2.27. The van der Waals surface area contributed by atoms with E-state index in [2.05, 4.69) is 4.98 Å². The summed E-state index contributed by atoms with van der Waals surface area (Å²) < 4.78 is 46.6. The second-order valence-electron chi connectivity index (χ2n) is 6.05. The minimum absolute atomic E-state index is 0.0713. The van der Waals surface area contributed by atoms with Crippen LogP contribution < -0.4 is 9.64 Å². The SMILES string of the molecule is O=C1N(c2ccc(F)c(F)c2)CCc2nc(COc3cccc(F)c3)cn21. The molecule has 5 nitrogen and oxygen atoms in total. The molecule has 0 aliphatic carbocycles. The van der Waals surface area contributed by atoms with Crippen LogP contribution in [0.1, 0.15) is 11.5 Å². The maximum absolute atomic E-state index is 13.5. The van der Waals surface area contributed by atoms with Crippen LogP contribution in [-0.2, 0) is 13.0 Å². The highest BCUT2D eigenvalue weighted by Crippen LogP contribution is 2.23. The summed E-state index contributed by atoms with van der Waals surface area (Å²) in [5.41, 5.74) is 0.783. The van der Waals surface area contributed by atoms with Crippen LogP contribution in [0.4, 0.5) is 23.7 Å². The van der Waals surface area contributed by atoms with Gasteiger partial charge in [0.25, 0.3) is 0 Å². The zero-order valence-corrected chi connectivity index (χ0v) is 14.0. The monoisotopic (exact) mass is 373 g/mol. The zero-order valence-electron chi connectivity index (χ0n) is 14.0. The van der Waals surface area contributed by atoms with Crippen molar-refractivity contribution in [3.8, 4) is 5.75 Å². The van der Waals surface area contributed by atoms with Crippen LogP contribution in [0.3, 0.4) is 0 Å². The van der Waals surface area contributed by atoms with Gasteiger partial charge < -0.3 is 4.74 Å². The summed E-state index contributed by atoms with van der Waals surface area (Å²) in [6.45, 7) is 0.368. The van der Waals surface area contributed by atoms with Crippen molar-refractivity contribution in [3.63, 3.8) is 0 Å². The summed E-state index contributed by atoms with van der Waals surface area (Å²) in [6.07, 6.45) is 1.98. The van der Waals surface area contributed by atoms with E-state index in [1.165, 1.54) is 39.9 Å². The predicted octanol–water partition coefficient (Wildman–Crippen LogP) is 3.91.